The normalized spacial score (nSPS) is 17.9. The number of ether oxygens (including phenoxy) is 1. The van der Waals surface area contributed by atoms with E-state index in [2.05, 4.69) is 0 Å². The number of carbonyl (C=O) groups is 1. The third-order valence-electron chi connectivity index (χ3n) is 3.08. The van der Waals surface area contributed by atoms with Gasteiger partial charge in [-0.2, -0.15) is 0 Å². The summed E-state index contributed by atoms with van der Waals surface area (Å²) in [4.78, 5) is 13.5. The van der Waals surface area contributed by atoms with Crippen LogP contribution in [0.25, 0.3) is 0 Å². The lowest BCUT2D eigenvalue weighted by molar-refractivity contribution is 0.0213. The molecule has 1 aliphatic rings. The molecule has 0 aromatic carbocycles. The molecule has 100 valence electrons. The SMILES string of the molecule is CC(C)(C)OC(=O)N(CN)CC1CCCCC1. The topological polar surface area (TPSA) is 55.6 Å². The Hall–Kier alpha value is -0.770. The molecule has 2 N–H and O–H groups in total. The van der Waals surface area contributed by atoms with Crippen LogP contribution in [-0.2, 0) is 4.74 Å². The molecule has 1 saturated carbocycles. The summed E-state index contributed by atoms with van der Waals surface area (Å²) in [5.74, 6) is 0.597. The van der Waals surface area contributed by atoms with Gasteiger partial charge in [0.2, 0.25) is 0 Å². The molecule has 17 heavy (non-hydrogen) atoms. The second-order valence-electron chi connectivity index (χ2n) is 5.89. The van der Waals surface area contributed by atoms with Crippen molar-refractivity contribution in [1.82, 2.24) is 4.90 Å². The van der Waals surface area contributed by atoms with E-state index in [9.17, 15) is 4.79 Å². The lowest BCUT2D eigenvalue weighted by Gasteiger charge is -2.30. The number of nitrogens with zero attached hydrogens (tertiary/aromatic N) is 1. The van der Waals surface area contributed by atoms with Crippen molar-refractivity contribution in [1.29, 1.82) is 0 Å². The van der Waals surface area contributed by atoms with E-state index < -0.39 is 5.60 Å². The van der Waals surface area contributed by atoms with E-state index >= 15 is 0 Å². The highest BCUT2D eigenvalue weighted by molar-refractivity contribution is 5.68. The van der Waals surface area contributed by atoms with Crippen molar-refractivity contribution in [3.8, 4) is 0 Å². The summed E-state index contributed by atoms with van der Waals surface area (Å²) < 4.78 is 5.34. The van der Waals surface area contributed by atoms with Crippen LogP contribution in [-0.4, -0.2) is 29.8 Å². The maximum atomic E-state index is 11.9. The van der Waals surface area contributed by atoms with Crippen LogP contribution < -0.4 is 5.73 Å². The number of nitrogens with two attached hydrogens (primary N) is 1. The molecule has 0 atom stereocenters. The minimum atomic E-state index is -0.447. The first-order valence-electron chi connectivity index (χ1n) is 6.60. The highest BCUT2D eigenvalue weighted by Gasteiger charge is 2.24. The molecular weight excluding hydrogens is 216 g/mol. The molecule has 0 aromatic heterocycles. The fraction of sp³-hybridized carbons (Fsp3) is 0.923. The molecule has 0 unspecified atom stereocenters. The van der Waals surface area contributed by atoms with Gasteiger partial charge in [-0.3, -0.25) is 4.90 Å². The maximum absolute atomic E-state index is 11.9. The minimum absolute atomic E-state index is 0.241. The molecule has 0 bridgehead atoms. The van der Waals surface area contributed by atoms with Gasteiger partial charge >= 0.3 is 6.09 Å². The van der Waals surface area contributed by atoms with E-state index in [1.807, 2.05) is 20.8 Å². The lowest BCUT2D eigenvalue weighted by Crippen LogP contribution is -2.42. The Kier molecular flexibility index (Phi) is 5.25. The molecule has 1 rings (SSSR count). The number of rotatable bonds is 3. The molecule has 0 aliphatic heterocycles. The molecule has 4 heteroatoms. The number of carbonyl (C=O) groups excluding carboxylic acids is 1. The van der Waals surface area contributed by atoms with E-state index in [0.29, 0.717) is 5.92 Å². The smallest absolute Gasteiger partial charge is 0.411 e. The van der Waals surface area contributed by atoms with Crippen molar-refractivity contribution >= 4 is 6.09 Å². The average molecular weight is 242 g/mol. The fourth-order valence-corrected chi connectivity index (χ4v) is 2.23. The van der Waals surface area contributed by atoms with E-state index in [4.69, 9.17) is 10.5 Å². The molecule has 1 aliphatic carbocycles. The quantitative estimate of drug-likeness (QED) is 0.774. The average Bonchev–Trinajstić information content (AvgIpc) is 2.24. The van der Waals surface area contributed by atoms with E-state index in [-0.39, 0.29) is 12.8 Å². The van der Waals surface area contributed by atoms with Gasteiger partial charge in [-0.15, -0.1) is 0 Å². The molecule has 4 nitrogen and oxygen atoms in total. The summed E-state index contributed by atoms with van der Waals surface area (Å²) in [6.07, 6.45) is 6.00. The van der Waals surface area contributed by atoms with Gasteiger partial charge < -0.3 is 10.5 Å². The molecule has 1 fully saturated rings. The zero-order valence-corrected chi connectivity index (χ0v) is 11.4. The predicted molar refractivity (Wildman–Crippen MR) is 68.6 cm³/mol. The zero-order valence-electron chi connectivity index (χ0n) is 11.4. The molecule has 1 amide bonds. The van der Waals surface area contributed by atoms with Crippen LogP contribution in [0.5, 0.6) is 0 Å². The first kappa shape index (κ1) is 14.3. The molecular formula is C13H26N2O2. The maximum Gasteiger partial charge on any atom is 0.411 e. The van der Waals surface area contributed by atoms with Crippen LogP contribution in [0.15, 0.2) is 0 Å². The number of hydrogen-bond donors (Lipinski definition) is 1. The summed E-state index contributed by atoms with van der Waals surface area (Å²) in [6, 6.07) is 0. The summed E-state index contributed by atoms with van der Waals surface area (Å²) in [6.45, 7) is 6.61. The van der Waals surface area contributed by atoms with Crippen LogP contribution in [0.2, 0.25) is 0 Å². The third kappa shape index (κ3) is 5.39. The first-order valence-corrected chi connectivity index (χ1v) is 6.60. The Balaban J connectivity index is 2.43. The lowest BCUT2D eigenvalue weighted by atomic mass is 9.89. The standard InChI is InChI=1S/C13H26N2O2/c1-13(2,3)17-12(16)15(10-14)9-11-7-5-4-6-8-11/h11H,4-10,14H2,1-3H3. The Morgan fingerprint density at radius 3 is 2.35 bits per heavy atom. The molecule has 0 aromatic rings. The van der Waals surface area contributed by atoms with Gasteiger partial charge in [0, 0.05) is 6.54 Å². The van der Waals surface area contributed by atoms with Crippen LogP contribution >= 0.6 is 0 Å². The van der Waals surface area contributed by atoms with Crippen molar-refractivity contribution in [2.24, 2.45) is 11.7 Å². The second kappa shape index (κ2) is 6.24. The van der Waals surface area contributed by atoms with Crippen molar-refractivity contribution in [3.63, 3.8) is 0 Å². The van der Waals surface area contributed by atoms with E-state index in [1.54, 1.807) is 4.90 Å². The Labute approximate surface area is 104 Å². The van der Waals surface area contributed by atoms with Crippen molar-refractivity contribution < 1.29 is 9.53 Å². The van der Waals surface area contributed by atoms with Crippen LogP contribution in [0.3, 0.4) is 0 Å². The largest absolute Gasteiger partial charge is 0.444 e. The Bertz CT molecular complexity index is 242. The third-order valence-corrected chi connectivity index (χ3v) is 3.08. The second-order valence-corrected chi connectivity index (χ2v) is 5.89. The molecule has 0 heterocycles. The van der Waals surface area contributed by atoms with Gasteiger partial charge in [0.05, 0.1) is 6.67 Å². The van der Waals surface area contributed by atoms with Gasteiger partial charge in [-0.25, -0.2) is 4.79 Å². The van der Waals surface area contributed by atoms with Gasteiger partial charge in [-0.1, -0.05) is 19.3 Å². The monoisotopic (exact) mass is 242 g/mol. The first-order chi connectivity index (χ1) is 7.92. The van der Waals surface area contributed by atoms with E-state index in [0.717, 1.165) is 6.54 Å². The highest BCUT2D eigenvalue weighted by atomic mass is 16.6. The summed E-state index contributed by atoms with van der Waals surface area (Å²) in [7, 11) is 0. The van der Waals surface area contributed by atoms with Crippen molar-refractivity contribution in [2.45, 2.75) is 58.5 Å². The molecule has 0 saturated heterocycles. The van der Waals surface area contributed by atoms with Gasteiger partial charge in [0.15, 0.2) is 0 Å². The van der Waals surface area contributed by atoms with Gasteiger partial charge in [0.1, 0.15) is 5.60 Å². The zero-order chi connectivity index (χ0) is 12.9. The number of hydrogen-bond acceptors (Lipinski definition) is 3. The van der Waals surface area contributed by atoms with Crippen LogP contribution in [0.1, 0.15) is 52.9 Å². The summed E-state index contributed by atoms with van der Waals surface area (Å²) >= 11 is 0. The number of amides is 1. The summed E-state index contributed by atoms with van der Waals surface area (Å²) in [5, 5.41) is 0. The Morgan fingerprint density at radius 1 is 1.29 bits per heavy atom. The summed E-state index contributed by atoms with van der Waals surface area (Å²) in [5.41, 5.74) is 5.19. The van der Waals surface area contributed by atoms with Crippen molar-refractivity contribution in [3.05, 3.63) is 0 Å². The van der Waals surface area contributed by atoms with Gasteiger partial charge in [-0.05, 0) is 39.5 Å². The molecule has 0 spiro atoms. The fourth-order valence-electron chi connectivity index (χ4n) is 2.23. The van der Waals surface area contributed by atoms with Gasteiger partial charge in [0.25, 0.3) is 0 Å². The van der Waals surface area contributed by atoms with Crippen molar-refractivity contribution in [2.75, 3.05) is 13.2 Å². The van der Waals surface area contributed by atoms with E-state index in [1.165, 1.54) is 32.1 Å². The highest BCUT2D eigenvalue weighted by Crippen LogP contribution is 2.24. The van der Waals surface area contributed by atoms with Crippen LogP contribution in [0.4, 0.5) is 4.79 Å². The molecule has 0 radical (unpaired) electrons. The van der Waals surface area contributed by atoms with Crippen LogP contribution in [0, 0.1) is 5.92 Å². The predicted octanol–water partition coefficient (Wildman–Crippen LogP) is 2.72. The minimum Gasteiger partial charge on any atom is -0.444 e. The Morgan fingerprint density at radius 2 is 1.88 bits per heavy atom.